The Balaban J connectivity index is 1.06. The first-order valence-corrected chi connectivity index (χ1v) is 14.2. The van der Waals surface area contributed by atoms with E-state index in [0.29, 0.717) is 18.6 Å². The molecule has 0 aromatic rings. The number of carbonyl (C=O) groups is 1. The molecule has 0 radical (unpaired) electrons. The van der Waals surface area contributed by atoms with Crippen molar-refractivity contribution in [3.05, 3.63) is 0 Å². The van der Waals surface area contributed by atoms with Crippen LogP contribution in [0.25, 0.3) is 0 Å². The normalized spacial score (nSPS) is 28.9. The van der Waals surface area contributed by atoms with Crippen LogP contribution in [0.5, 0.6) is 0 Å². The second-order valence-electron chi connectivity index (χ2n) is 11.3. The Kier molecular flexibility index (Phi) is 11.8. The molecule has 4 saturated carbocycles. The van der Waals surface area contributed by atoms with Crippen molar-refractivity contribution in [3.63, 3.8) is 0 Å². The molecule has 4 bridgehead atoms. The second-order valence-corrected chi connectivity index (χ2v) is 11.3. The zero-order valence-electron chi connectivity index (χ0n) is 20.3. The van der Waals surface area contributed by atoms with E-state index in [9.17, 15) is 4.79 Å². The van der Waals surface area contributed by atoms with E-state index in [4.69, 9.17) is 5.11 Å². The highest BCUT2D eigenvalue weighted by Crippen LogP contribution is 2.53. The third kappa shape index (κ3) is 9.06. The van der Waals surface area contributed by atoms with Gasteiger partial charge < -0.3 is 10.4 Å². The van der Waals surface area contributed by atoms with Crippen molar-refractivity contribution in [2.24, 2.45) is 23.7 Å². The largest absolute Gasteiger partial charge is 0.396 e. The average Bonchev–Trinajstić information content (AvgIpc) is 2.75. The summed E-state index contributed by atoms with van der Waals surface area (Å²) in [5, 5.41) is 12.2. The Bertz CT molecular complexity index is 463. The van der Waals surface area contributed by atoms with Gasteiger partial charge in [-0.3, -0.25) is 4.79 Å². The Labute approximate surface area is 192 Å². The van der Waals surface area contributed by atoms with Crippen molar-refractivity contribution in [1.82, 2.24) is 5.32 Å². The third-order valence-corrected chi connectivity index (χ3v) is 8.62. The van der Waals surface area contributed by atoms with Gasteiger partial charge in [-0.25, -0.2) is 0 Å². The highest BCUT2D eigenvalue weighted by atomic mass is 16.2. The number of amides is 1. The lowest BCUT2D eigenvalue weighted by molar-refractivity contribution is -0.125. The van der Waals surface area contributed by atoms with Crippen LogP contribution in [0.15, 0.2) is 0 Å². The first-order chi connectivity index (χ1) is 15.3. The van der Waals surface area contributed by atoms with Crippen LogP contribution < -0.4 is 5.32 Å². The quantitative estimate of drug-likeness (QED) is 0.225. The molecule has 0 atom stereocenters. The van der Waals surface area contributed by atoms with E-state index in [1.54, 1.807) is 0 Å². The third-order valence-electron chi connectivity index (χ3n) is 8.62. The smallest absolute Gasteiger partial charge is 0.220 e. The Morgan fingerprint density at radius 3 is 1.39 bits per heavy atom. The summed E-state index contributed by atoms with van der Waals surface area (Å²) in [5.74, 6) is 3.92. The van der Waals surface area contributed by atoms with Crippen LogP contribution in [0, 0.1) is 23.7 Å². The lowest BCUT2D eigenvalue weighted by atomic mass is 9.54. The number of aliphatic hydroxyl groups is 1. The van der Waals surface area contributed by atoms with E-state index in [-0.39, 0.29) is 0 Å². The van der Waals surface area contributed by atoms with Gasteiger partial charge in [-0.1, -0.05) is 83.5 Å². The molecule has 31 heavy (non-hydrogen) atoms. The maximum absolute atomic E-state index is 12.5. The van der Waals surface area contributed by atoms with Gasteiger partial charge >= 0.3 is 0 Å². The van der Waals surface area contributed by atoms with Crippen molar-refractivity contribution in [2.75, 3.05) is 6.61 Å². The standard InChI is InChI=1S/C28H51NO2/c30-17-15-13-11-9-7-5-3-1-2-4-6-8-10-12-14-16-27(31)29-28-25-19-23-18-24(21-25)22-26(28)20-23/h23-26,28,30H,1-22H2,(H,29,31). The molecule has 180 valence electrons. The predicted octanol–water partition coefficient (Wildman–Crippen LogP) is 7.16. The van der Waals surface area contributed by atoms with Crippen LogP contribution in [0.4, 0.5) is 0 Å². The SMILES string of the molecule is O=C(CCCCCCCCCCCCCCCCCO)NC1C2CC3CC(C2)CC1C3. The summed E-state index contributed by atoms with van der Waals surface area (Å²) in [6, 6.07) is 0.520. The molecule has 3 nitrogen and oxygen atoms in total. The lowest BCUT2D eigenvalue weighted by Crippen LogP contribution is -2.55. The summed E-state index contributed by atoms with van der Waals surface area (Å²) >= 11 is 0. The molecule has 4 aliphatic carbocycles. The van der Waals surface area contributed by atoms with Crippen molar-refractivity contribution < 1.29 is 9.90 Å². The summed E-state index contributed by atoms with van der Waals surface area (Å²) in [7, 11) is 0. The molecule has 4 fully saturated rings. The number of hydrogen-bond acceptors (Lipinski definition) is 2. The first kappa shape index (κ1) is 25.1. The fraction of sp³-hybridized carbons (Fsp3) is 0.964. The molecule has 0 unspecified atom stereocenters. The number of rotatable bonds is 18. The van der Waals surface area contributed by atoms with Gasteiger partial charge in [0.25, 0.3) is 0 Å². The lowest BCUT2D eigenvalue weighted by Gasteiger charge is -2.54. The number of nitrogens with one attached hydrogen (secondary N) is 1. The minimum atomic E-state index is 0.339. The summed E-state index contributed by atoms with van der Waals surface area (Å²) < 4.78 is 0. The number of unbranched alkanes of at least 4 members (excludes halogenated alkanes) is 14. The van der Waals surface area contributed by atoms with Gasteiger partial charge in [-0.15, -0.1) is 0 Å². The number of aliphatic hydroxyl groups excluding tert-OH is 1. The average molecular weight is 434 g/mol. The molecule has 0 aliphatic heterocycles. The van der Waals surface area contributed by atoms with Gasteiger partial charge in [-0.2, -0.15) is 0 Å². The molecule has 0 aromatic heterocycles. The van der Waals surface area contributed by atoms with Gasteiger partial charge in [0.1, 0.15) is 0 Å². The van der Waals surface area contributed by atoms with E-state index in [1.807, 2.05) is 0 Å². The van der Waals surface area contributed by atoms with E-state index in [1.165, 1.54) is 116 Å². The molecule has 0 saturated heterocycles. The predicted molar refractivity (Wildman–Crippen MR) is 130 cm³/mol. The molecular weight excluding hydrogens is 382 g/mol. The molecule has 0 heterocycles. The number of carbonyl (C=O) groups excluding carboxylic acids is 1. The van der Waals surface area contributed by atoms with E-state index < -0.39 is 0 Å². The molecule has 2 N–H and O–H groups in total. The first-order valence-electron chi connectivity index (χ1n) is 14.2. The van der Waals surface area contributed by atoms with E-state index in [2.05, 4.69) is 5.32 Å². The van der Waals surface area contributed by atoms with Crippen molar-refractivity contribution >= 4 is 5.91 Å². The van der Waals surface area contributed by atoms with Gasteiger partial charge in [0.05, 0.1) is 0 Å². The summed E-state index contributed by atoms with van der Waals surface area (Å²) in [5.41, 5.74) is 0. The minimum Gasteiger partial charge on any atom is -0.396 e. The van der Waals surface area contributed by atoms with E-state index in [0.717, 1.165) is 42.9 Å². The van der Waals surface area contributed by atoms with E-state index >= 15 is 0 Å². The molecule has 0 aromatic carbocycles. The van der Waals surface area contributed by atoms with Crippen LogP contribution in [0.2, 0.25) is 0 Å². The van der Waals surface area contributed by atoms with Crippen molar-refractivity contribution in [2.45, 2.75) is 141 Å². The van der Waals surface area contributed by atoms with Crippen LogP contribution in [-0.2, 0) is 4.79 Å². The minimum absolute atomic E-state index is 0.339. The van der Waals surface area contributed by atoms with Crippen molar-refractivity contribution in [1.29, 1.82) is 0 Å². The molecule has 3 heteroatoms. The maximum Gasteiger partial charge on any atom is 0.220 e. The van der Waals surface area contributed by atoms with Crippen LogP contribution >= 0.6 is 0 Å². The summed E-state index contributed by atoms with van der Waals surface area (Å²) in [6.07, 6.45) is 27.3. The van der Waals surface area contributed by atoms with Crippen LogP contribution in [-0.4, -0.2) is 23.7 Å². The second kappa shape index (κ2) is 14.6. The topological polar surface area (TPSA) is 49.3 Å². The highest BCUT2D eigenvalue weighted by molar-refractivity contribution is 5.76. The van der Waals surface area contributed by atoms with Gasteiger partial charge in [0.2, 0.25) is 5.91 Å². The Hall–Kier alpha value is -0.570. The summed E-state index contributed by atoms with van der Waals surface area (Å²) in [6.45, 7) is 0.358. The molecule has 0 spiro atoms. The monoisotopic (exact) mass is 433 g/mol. The zero-order chi connectivity index (χ0) is 21.7. The van der Waals surface area contributed by atoms with Gasteiger partial charge in [0.15, 0.2) is 0 Å². The van der Waals surface area contributed by atoms with Gasteiger partial charge in [0, 0.05) is 19.1 Å². The molecule has 1 amide bonds. The Morgan fingerprint density at radius 1 is 0.581 bits per heavy atom. The fourth-order valence-corrected chi connectivity index (χ4v) is 7.11. The fourth-order valence-electron chi connectivity index (χ4n) is 7.11. The van der Waals surface area contributed by atoms with Crippen LogP contribution in [0.1, 0.15) is 135 Å². The highest BCUT2D eigenvalue weighted by Gasteiger charge is 2.48. The van der Waals surface area contributed by atoms with Gasteiger partial charge in [-0.05, 0) is 68.6 Å². The van der Waals surface area contributed by atoms with Crippen molar-refractivity contribution in [3.8, 4) is 0 Å². The maximum atomic E-state index is 12.5. The molecule has 4 rings (SSSR count). The molecular formula is C28H51NO2. The Morgan fingerprint density at radius 2 is 0.968 bits per heavy atom. The molecule has 4 aliphatic rings. The zero-order valence-corrected chi connectivity index (χ0v) is 20.3. The summed E-state index contributed by atoms with van der Waals surface area (Å²) in [4.78, 5) is 12.5. The van der Waals surface area contributed by atoms with Crippen LogP contribution in [0.3, 0.4) is 0 Å². The number of hydrogen-bond donors (Lipinski definition) is 2.